The normalized spacial score (nSPS) is 14.2. The van der Waals surface area contributed by atoms with E-state index in [1.165, 1.54) is 0 Å². The largest absolute Gasteiger partial charge is 0.350 e. The average Bonchev–Trinajstić information content (AvgIpc) is 2.28. The molecule has 0 radical (unpaired) electrons. The molecule has 0 saturated heterocycles. The van der Waals surface area contributed by atoms with Gasteiger partial charge in [0.05, 0.1) is 0 Å². The Morgan fingerprint density at radius 2 is 1.94 bits per heavy atom. The Kier molecular flexibility index (Phi) is 4.68. The van der Waals surface area contributed by atoms with Gasteiger partial charge in [-0.3, -0.25) is 9.00 Å². The monoisotopic (exact) mass is 239 g/mol. The number of benzene rings is 1. The highest BCUT2D eigenvalue weighted by molar-refractivity contribution is 7.84. The van der Waals surface area contributed by atoms with E-state index in [1.807, 2.05) is 13.8 Å². The third kappa shape index (κ3) is 3.45. The zero-order valence-corrected chi connectivity index (χ0v) is 10.6. The lowest BCUT2D eigenvalue weighted by atomic mass is 10.2. The van der Waals surface area contributed by atoms with Crippen LogP contribution in [0, 0.1) is 0 Å². The smallest absolute Gasteiger partial charge is 0.251 e. The molecular weight excluding hydrogens is 222 g/mol. The second kappa shape index (κ2) is 5.80. The van der Waals surface area contributed by atoms with Crippen LogP contribution in [0.15, 0.2) is 29.2 Å². The zero-order chi connectivity index (χ0) is 12.1. The van der Waals surface area contributed by atoms with E-state index in [0.29, 0.717) is 5.56 Å². The Balaban J connectivity index is 2.74. The van der Waals surface area contributed by atoms with Gasteiger partial charge in [0.15, 0.2) is 0 Å². The van der Waals surface area contributed by atoms with Gasteiger partial charge in [0.1, 0.15) is 0 Å². The van der Waals surface area contributed by atoms with E-state index in [4.69, 9.17) is 0 Å². The SMILES string of the molecule is CCC(C)NC(=O)c1ccc(S(C)=O)cc1. The summed E-state index contributed by atoms with van der Waals surface area (Å²) >= 11 is 0. The van der Waals surface area contributed by atoms with E-state index in [2.05, 4.69) is 5.32 Å². The number of carbonyl (C=O) groups excluding carboxylic acids is 1. The van der Waals surface area contributed by atoms with Crippen LogP contribution in [-0.4, -0.2) is 22.4 Å². The molecule has 0 aliphatic carbocycles. The van der Waals surface area contributed by atoms with Gasteiger partial charge in [-0.2, -0.15) is 0 Å². The fraction of sp³-hybridized carbons (Fsp3) is 0.417. The van der Waals surface area contributed by atoms with Crippen molar-refractivity contribution in [3.63, 3.8) is 0 Å². The molecule has 88 valence electrons. The average molecular weight is 239 g/mol. The summed E-state index contributed by atoms with van der Waals surface area (Å²) in [7, 11) is -0.994. The van der Waals surface area contributed by atoms with Crippen molar-refractivity contribution < 1.29 is 9.00 Å². The first-order valence-electron chi connectivity index (χ1n) is 5.29. The summed E-state index contributed by atoms with van der Waals surface area (Å²) in [6.45, 7) is 3.99. The van der Waals surface area contributed by atoms with Gasteiger partial charge in [-0.1, -0.05) is 6.92 Å². The Morgan fingerprint density at radius 1 is 1.38 bits per heavy atom. The highest BCUT2D eigenvalue weighted by atomic mass is 32.2. The third-order valence-electron chi connectivity index (χ3n) is 2.44. The van der Waals surface area contributed by atoms with Crippen molar-refractivity contribution in [1.29, 1.82) is 0 Å². The Morgan fingerprint density at radius 3 is 2.38 bits per heavy atom. The maximum absolute atomic E-state index is 11.7. The number of carbonyl (C=O) groups is 1. The molecule has 0 aliphatic heterocycles. The molecular formula is C12H17NO2S. The number of nitrogens with one attached hydrogen (secondary N) is 1. The molecule has 0 bridgehead atoms. The van der Waals surface area contributed by atoms with E-state index >= 15 is 0 Å². The van der Waals surface area contributed by atoms with E-state index < -0.39 is 10.8 Å². The molecule has 0 saturated carbocycles. The molecule has 16 heavy (non-hydrogen) atoms. The summed E-state index contributed by atoms with van der Waals surface area (Å²) in [6.07, 6.45) is 2.52. The quantitative estimate of drug-likeness (QED) is 0.873. The standard InChI is InChI=1S/C12H17NO2S/c1-4-9(2)13-12(14)10-5-7-11(8-6-10)16(3)15/h5-9H,4H2,1-3H3,(H,13,14). The molecule has 0 aliphatic rings. The lowest BCUT2D eigenvalue weighted by molar-refractivity contribution is 0.0939. The van der Waals surface area contributed by atoms with Gasteiger partial charge in [-0.25, -0.2) is 0 Å². The van der Waals surface area contributed by atoms with Crippen LogP contribution in [0.3, 0.4) is 0 Å². The van der Waals surface area contributed by atoms with Crippen LogP contribution in [0.1, 0.15) is 30.6 Å². The molecule has 1 aromatic rings. The second-order valence-electron chi connectivity index (χ2n) is 3.76. The van der Waals surface area contributed by atoms with Crippen molar-refractivity contribution in [2.45, 2.75) is 31.2 Å². The predicted molar refractivity (Wildman–Crippen MR) is 66.0 cm³/mol. The van der Waals surface area contributed by atoms with E-state index in [1.54, 1.807) is 30.5 Å². The van der Waals surface area contributed by atoms with Crippen molar-refractivity contribution in [1.82, 2.24) is 5.32 Å². The lowest BCUT2D eigenvalue weighted by Crippen LogP contribution is -2.31. The maximum Gasteiger partial charge on any atom is 0.251 e. The fourth-order valence-corrected chi connectivity index (χ4v) is 1.73. The first-order chi connectivity index (χ1) is 7.54. The molecule has 3 nitrogen and oxygen atoms in total. The van der Waals surface area contributed by atoms with Crippen LogP contribution < -0.4 is 5.32 Å². The predicted octanol–water partition coefficient (Wildman–Crippen LogP) is 1.95. The molecule has 1 aromatic carbocycles. The zero-order valence-electron chi connectivity index (χ0n) is 9.82. The van der Waals surface area contributed by atoms with Crippen LogP contribution in [0.25, 0.3) is 0 Å². The van der Waals surface area contributed by atoms with Crippen LogP contribution in [0.2, 0.25) is 0 Å². The molecule has 2 atom stereocenters. The van der Waals surface area contributed by atoms with E-state index in [9.17, 15) is 9.00 Å². The first kappa shape index (κ1) is 12.9. The van der Waals surface area contributed by atoms with E-state index in [-0.39, 0.29) is 11.9 Å². The molecule has 1 rings (SSSR count). The second-order valence-corrected chi connectivity index (χ2v) is 5.14. The number of rotatable bonds is 4. The van der Waals surface area contributed by atoms with Crippen LogP contribution in [-0.2, 0) is 10.8 Å². The van der Waals surface area contributed by atoms with Gasteiger partial charge in [0.25, 0.3) is 5.91 Å². The lowest BCUT2D eigenvalue weighted by Gasteiger charge is -2.11. The summed E-state index contributed by atoms with van der Waals surface area (Å²) < 4.78 is 11.2. The van der Waals surface area contributed by atoms with E-state index in [0.717, 1.165) is 11.3 Å². The molecule has 2 unspecified atom stereocenters. The van der Waals surface area contributed by atoms with Gasteiger partial charge in [0, 0.05) is 33.6 Å². The van der Waals surface area contributed by atoms with Crippen molar-refractivity contribution in [2.75, 3.05) is 6.26 Å². The van der Waals surface area contributed by atoms with Crippen molar-refractivity contribution in [3.05, 3.63) is 29.8 Å². The maximum atomic E-state index is 11.7. The topological polar surface area (TPSA) is 46.2 Å². The van der Waals surface area contributed by atoms with Crippen LogP contribution in [0.5, 0.6) is 0 Å². The highest BCUT2D eigenvalue weighted by Crippen LogP contribution is 2.07. The summed E-state index contributed by atoms with van der Waals surface area (Å²) in [4.78, 5) is 12.4. The first-order valence-corrected chi connectivity index (χ1v) is 6.84. The van der Waals surface area contributed by atoms with Gasteiger partial charge < -0.3 is 5.32 Å². The Labute approximate surface area is 98.7 Å². The van der Waals surface area contributed by atoms with Crippen LogP contribution >= 0.6 is 0 Å². The van der Waals surface area contributed by atoms with Crippen LogP contribution in [0.4, 0.5) is 0 Å². The molecule has 1 N–H and O–H groups in total. The third-order valence-corrected chi connectivity index (χ3v) is 3.37. The number of hydrogen-bond acceptors (Lipinski definition) is 2. The minimum Gasteiger partial charge on any atom is -0.350 e. The number of hydrogen-bond donors (Lipinski definition) is 1. The van der Waals surface area contributed by atoms with Gasteiger partial charge in [0.2, 0.25) is 0 Å². The summed E-state index contributed by atoms with van der Waals surface area (Å²) in [5.41, 5.74) is 0.606. The summed E-state index contributed by atoms with van der Waals surface area (Å²) in [6, 6.07) is 7.03. The fourth-order valence-electron chi connectivity index (χ4n) is 1.21. The van der Waals surface area contributed by atoms with Crippen molar-refractivity contribution in [2.24, 2.45) is 0 Å². The van der Waals surface area contributed by atoms with Gasteiger partial charge >= 0.3 is 0 Å². The minimum atomic E-state index is -0.994. The van der Waals surface area contributed by atoms with Gasteiger partial charge in [-0.15, -0.1) is 0 Å². The molecule has 0 aromatic heterocycles. The molecule has 0 spiro atoms. The minimum absolute atomic E-state index is 0.0808. The highest BCUT2D eigenvalue weighted by Gasteiger charge is 2.08. The molecule has 0 fully saturated rings. The molecule has 1 amide bonds. The number of amides is 1. The van der Waals surface area contributed by atoms with Crippen molar-refractivity contribution in [3.8, 4) is 0 Å². The Bertz CT molecular complexity index is 387. The van der Waals surface area contributed by atoms with Gasteiger partial charge in [-0.05, 0) is 37.6 Å². The van der Waals surface area contributed by atoms with Crippen molar-refractivity contribution >= 4 is 16.7 Å². The Hall–Kier alpha value is -1.16. The summed E-state index contributed by atoms with van der Waals surface area (Å²) in [5, 5.41) is 2.88. The summed E-state index contributed by atoms with van der Waals surface area (Å²) in [5.74, 6) is -0.0808. The molecule has 0 heterocycles. The molecule has 4 heteroatoms.